The molecule has 2 aromatic carbocycles. The molecule has 29 heavy (non-hydrogen) atoms. The lowest BCUT2D eigenvalue weighted by Crippen LogP contribution is -2.21. The van der Waals surface area contributed by atoms with E-state index in [-0.39, 0.29) is 18.0 Å². The average Bonchev–Trinajstić information content (AvgIpc) is 3.34. The summed E-state index contributed by atoms with van der Waals surface area (Å²) >= 11 is 0. The molecule has 0 aliphatic carbocycles. The van der Waals surface area contributed by atoms with Crippen LogP contribution in [0.15, 0.2) is 47.0 Å². The van der Waals surface area contributed by atoms with E-state index in [0.717, 1.165) is 31.7 Å². The molecule has 2 unspecified atom stereocenters. The average molecular weight is 396 g/mol. The molecule has 0 radical (unpaired) electrons. The number of hydrogen-bond donors (Lipinski definition) is 2. The third-order valence-electron chi connectivity index (χ3n) is 5.21. The van der Waals surface area contributed by atoms with Crippen LogP contribution in [0.1, 0.15) is 36.4 Å². The highest BCUT2D eigenvalue weighted by atomic mass is 19.1. The van der Waals surface area contributed by atoms with Crippen LogP contribution in [0.2, 0.25) is 0 Å². The standard InChI is InChI=1S/C22H25FN4O2/c1-14-6-7-17(11-20(14)23)21-25-22(29-26-21)15(2)24-18-5-3-4-16(10-18)12-27-9-8-19(28)13-27/h3-7,10-11,15,19,24,28H,8-9,12-13H2,1-2H3. The van der Waals surface area contributed by atoms with Crippen molar-refractivity contribution < 1.29 is 14.0 Å². The largest absolute Gasteiger partial charge is 0.392 e. The second kappa shape index (κ2) is 8.31. The molecule has 0 amide bonds. The highest BCUT2D eigenvalue weighted by Crippen LogP contribution is 2.24. The third-order valence-corrected chi connectivity index (χ3v) is 5.21. The van der Waals surface area contributed by atoms with E-state index in [2.05, 4.69) is 32.5 Å². The van der Waals surface area contributed by atoms with Crippen LogP contribution in [0.5, 0.6) is 0 Å². The molecule has 7 heteroatoms. The Hall–Kier alpha value is -2.77. The molecule has 4 rings (SSSR count). The molecular formula is C22H25FN4O2. The maximum atomic E-state index is 13.8. The van der Waals surface area contributed by atoms with Crippen LogP contribution < -0.4 is 5.32 Å². The fourth-order valence-corrected chi connectivity index (χ4v) is 3.55. The van der Waals surface area contributed by atoms with E-state index in [9.17, 15) is 9.50 Å². The Balaban J connectivity index is 1.43. The van der Waals surface area contributed by atoms with Gasteiger partial charge in [0.25, 0.3) is 0 Å². The van der Waals surface area contributed by atoms with Crippen LogP contribution in [0.4, 0.5) is 10.1 Å². The first-order chi connectivity index (χ1) is 14.0. The summed E-state index contributed by atoms with van der Waals surface area (Å²) in [7, 11) is 0. The van der Waals surface area contributed by atoms with E-state index in [4.69, 9.17) is 4.52 Å². The number of anilines is 1. The molecule has 1 fully saturated rings. The van der Waals surface area contributed by atoms with Crippen LogP contribution in [0.3, 0.4) is 0 Å². The molecular weight excluding hydrogens is 371 g/mol. The predicted molar refractivity (Wildman–Crippen MR) is 109 cm³/mol. The Morgan fingerprint density at radius 3 is 2.93 bits per heavy atom. The first-order valence-electron chi connectivity index (χ1n) is 9.84. The number of halogens is 1. The molecule has 1 saturated heterocycles. The minimum atomic E-state index is -0.289. The number of hydrogen-bond acceptors (Lipinski definition) is 6. The Kier molecular flexibility index (Phi) is 5.60. The van der Waals surface area contributed by atoms with Crippen molar-refractivity contribution >= 4 is 5.69 Å². The number of nitrogens with zero attached hydrogens (tertiary/aromatic N) is 3. The van der Waals surface area contributed by atoms with Crippen molar-refractivity contribution in [2.24, 2.45) is 0 Å². The number of β-amino-alcohol motifs (C(OH)–C–C–N with tert-alkyl or cyclic N) is 1. The molecule has 1 aliphatic heterocycles. The van der Waals surface area contributed by atoms with Gasteiger partial charge in [-0.15, -0.1) is 0 Å². The summed E-state index contributed by atoms with van der Waals surface area (Å²) in [6.45, 7) is 6.10. The van der Waals surface area contributed by atoms with Gasteiger partial charge in [0.05, 0.1) is 6.10 Å². The third kappa shape index (κ3) is 4.63. The lowest BCUT2D eigenvalue weighted by Gasteiger charge is -2.17. The Morgan fingerprint density at radius 1 is 1.31 bits per heavy atom. The molecule has 152 valence electrons. The zero-order valence-electron chi connectivity index (χ0n) is 16.6. The van der Waals surface area contributed by atoms with Gasteiger partial charge in [0.15, 0.2) is 0 Å². The smallest absolute Gasteiger partial charge is 0.249 e. The number of aromatic nitrogens is 2. The lowest BCUT2D eigenvalue weighted by molar-refractivity contribution is 0.175. The van der Waals surface area contributed by atoms with Crippen molar-refractivity contribution in [3.05, 3.63) is 65.3 Å². The van der Waals surface area contributed by atoms with Crippen molar-refractivity contribution in [1.82, 2.24) is 15.0 Å². The van der Waals surface area contributed by atoms with Crippen LogP contribution in [-0.2, 0) is 6.54 Å². The van der Waals surface area contributed by atoms with Crippen molar-refractivity contribution in [2.75, 3.05) is 18.4 Å². The number of aryl methyl sites for hydroxylation is 1. The van der Waals surface area contributed by atoms with E-state index < -0.39 is 0 Å². The molecule has 0 spiro atoms. The molecule has 2 N–H and O–H groups in total. The first kappa shape index (κ1) is 19.5. The first-order valence-corrected chi connectivity index (χ1v) is 9.84. The summed E-state index contributed by atoms with van der Waals surface area (Å²) in [6.07, 6.45) is 0.615. The Bertz CT molecular complexity index is 990. The number of nitrogens with one attached hydrogen (secondary N) is 1. The summed E-state index contributed by atoms with van der Waals surface area (Å²) in [5.41, 5.74) is 3.30. The minimum Gasteiger partial charge on any atom is -0.392 e. The number of aliphatic hydroxyl groups is 1. The Labute approximate surface area is 169 Å². The summed E-state index contributed by atoms with van der Waals surface area (Å²) < 4.78 is 19.2. The van der Waals surface area contributed by atoms with E-state index >= 15 is 0 Å². The SMILES string of the molecule is Cc1ccc(-c2noc(C(C)Nc3cccc(CN4CCC(O)C4)c3)n2)cc1F. The van der Waals surface area contributed by atoms with Crippen molar-refractivity contribution in [3.63, 3.8) is 0 Å². The van der Waals surface area contributed by atoms with Gasteiger partial charge in [-0.3, -0.25) is 4.90 Å². The van der Waals surface area contributed by atoms with Gasteiger partial charge in [-0.05, 0) is 49.6 Å². The van der Waals surface area contributed by atoms with Gasteiger partial charge in [-0.25, -0.2) is 4.39 Å². The summed E-state index contributed by atoms with van der Waals surface area (Å²) in [4.78, 5) is 6.67. The van der Waals surface area contributed by atoms with E-state index in [1.54, 1.807) is 19.1 Å². The number of aliphatic hydroxyl groups excluding tert-OH is 1. The molecule has 0 saturated carbocycles. The van der Waals surface area contributed by atoms with Gasteiger partial charge in [0.1, 0.15) is 11.9 Å². The van der Waals surface area contributed by atoms with Crippen LogP contribution >= 0.6 is 0 Å². The zero-order chi connectivity index (χ0) is 20.4. The molecule has 1 aromatic heterocycles. The van der Waals surface area contributed by atoms with Gasteiger partial charge in [0.2, 0.25) is 11.7 Å². The fourth-order valence-electron chi connectivity index (χ4n) is 3.55. The topological polar surface area (TPSA) is 74.4 Å². The molecule has 0 bridgehead atoms. The molecule has 2 heterocycles. The highest BCUT2D eigenvalue weighted by molar-refractivity contribution is 5.55. The van der Waals surface area contributed by atoms with Crippen molar-refractivity contribution in [2.45, 2.75) is 39.0 Å². The van der Waals surface area contributed by atoms with Crippen molar-refractivity contribution in [1.29, 1.82) is 0 Å². The fraction of sp³-hybridized carbons (Fsp3) is 0.364. The molecule has 1 aliphatic rings. The van der Waals surface area contributed by atoms with Crippen molar-refractivity contribution in [3.8, 4) is 11.4 Å². The predicted octanol–water partition coefficient (Wildman–Crippen LogP) is 3.92. The molecule has 3 aromatic rings. The van der Waals surface area contributed by atoms with Gasteiger partial charge in [-0.1, -0.05) is 29.4 Å². The lowest BCUT2D eigenvalue weighted by atomic mass is 10.1. The second-order valence-electron chi connectivity index (χ2n) is 7.66. The van der Waals surface area contributed by atoms with Gasteiger partial charge >= 0.3 is 0 Å². The monoisotopic (exact) mass is 396 g/mol. The molecule has 6 nitrogen and oxygen atoms in total. The summed E-state index contributed by atoms with van der Waals surface area (Å²) in [5, 5.41) is 17.1. The van der Waals surface area contributed by atoms with Gasteiger partial charge in [-0.2, -0.15) is 4.98 Å². The van der Waals surface area contributed by atoms with Gasteiger partial charge < -0.3 is 14.9 Å². The van der Waals surface area contributed by atoms with E-state index in [0.29, 0.717) is 22.8 Å². The second-order valence-corrected chi connectivity index (χ2v) is 7.66. The Morgan fingerprint density at radius 2 is 2.17 bits per heavy atom. The summed E-state index contributed by atoms with van der Waals surface area (Å²) in [5.74, 6) is 0.519. The summed E-state index contributed by atoms with van der Waals surface area (Å²) in [6, 6.07) is 12.9. The molecule has 2 atom stereocenters. The van der Waals surface area contributed by atoms with Crippen LogP contribution in [0, 0.1) is 12.7 Å². The normalized spacial score (nSPS) is 18.1. The van der Waals surface area contributed by atoms with Crippen LogP contribution in [0.25, 0.3) is 11.4 Å². The zero-order valence-corrected chi connectivity index (χ0v) is 16.6. The minimum absolute atomic E-state index is 0.199. The van der Waals surface area contributed by atoms with Gasteiger partial charge in [0, 0.05) is 30.9 Å². The van der Waals surface area contributed by atoms with Crippen LogP contribution in [-0.4, -0.2) is 39.3 Å². The van der Waals surface area contributed by atoms with E-state index in [1.165, 1.54) is 11.6 Å². The maximum Gasteiger partial charge on any atom is 0.249 e. The van der Waals surface area contributed by atoms with E-state index in [1.807, 2.05) is 19.1 Å². The quantitative estimate of drug-likeness (QED) is 0.658. The number of benzene rings is 2. The maximum absolute atomic E-state index is 13.8. The number of likely N-dealkylation sites (tertiary alicyclic amines) is 1. The highest BCUT2D eigenvalue weighted by Gasteiger charge is 2.20. The number of rotatable bonds is 6.